The number of nitrogens with zero attached hydrogens (tertiary/aromatic N) is 2. The van der Waals surface area contributed by atoms with E-state index < -0.39 is 34.8 Å². The summed E-state index contributed by atoms with van der Waals surface area (Å²) in [6.07, 6.45) is -4.84. The van der Waals surface area contributed by atoms with Gasteiger partial charge in [0.1, 0.15) is 6.07 Å². The van der Waals surface area contributed by atoms with E-state index in [1.54, 1.807) is 0 Å². The fourth-order valence-electron chi connectivity index (χ4n) is 1.10. The predicted octanol–water partition coefficient (Wildman–Crippen LogP) is 2.07. The fraction of sp³-hybridized carbons (Fsp3) is 0.100. The van der Waals surface area contributed by atoms with Gasteiger partial charge in [-0.05, 0) is 12.1 Å². The van der Waals surface area contributed by atoms with Crippen molar-refractivity contribution in [1.29, 1.82) is 10.7 Å². The molecule has 5 nitrogen and oxygen atoms in total. The van der Waals surface area contributed by atoms with Crippen LogP contribution < -0.4 is 11.2 Å². The van der Waals surface area contributed by atoms with Gasteiger partial charge in [0.2, 0.25) is 5.71 Å². The number of hydrogen-bond donors (Lipinski definition) is 3. The van der Waals surface area contributed by atoms with E-state index in [1.807, 2.05) is 5.43 Å². The van der Waals surface area contributed by atoms with Crippen molar-refractivity contribution in [3.63, 3.8) is 0 Å². The molecule has 0 heterocycles. The molecule has 0 saturated carbocycles. The Morgan fingerprint density at radius 3 is 2.53 bits per heavy atom. The molecule has 0 aliphatic carbocycles. The van der Waals surface area contributed by atoms with Gasteiger partial charge >= 0.3 is 6.18 Å². The Bertz CT molecular complexity index is 570. The van der Waals surface area contributed by atoms with Crippen LogP contribution in [0.5, 0.6) is 0 Å². The molecular formula is C10H7F4N5. The lowest BCUT2D eigenvalue weighted by Crippen LogP contribution is -2.22. The van der Waals surface area contributed by atoms with Crippen LogP contribution in [-0.2, 0) is 6.18 Å². The average molecular weight is 273 g/mol. The molecule has 1 aromatic carbocycles. The van der Waals surface area contributed by atoms with E-state index >= 15 is 0 Å². The molecule has 0 spiro atoms. The van der Waals surface area contributed by atoms with Crippen LogP contribution in [0.15, 0.2) is 23.3 Å². The highest BCUT2D eigenvalue weighted by Gasteiger charge is 2.34. The van der Waals surface area contributed by atoms with Gasteiger partial charge in [-0.1, -0.05) is 6.07 Å². The molecule has 1 aromatic rings. The Morgan fingerprint density at radius 1 is 1.42 bits per heavy atom. The van der Waals surface area contributed by atoms with E-state index in [1.165, 1.54) is 6.07 Å². The van der Waals surface area contributed by atoms with E-state index in [0.29, 0.717) is 6.07 Å². The van der Waals surface area contributed by atoms with Gasteiger partial charge in [-0.2, -0.15) is 23.5 Å². The van der Waals surface area contributed by atoms with Crippen molar-refractivity contribution in [1.82, 2.24) is 0 Å². The number of nitrogens with two attached hydrogens (primary N) is 1. The lowest BCUT2D eigenvalue weighted by atomic mass is 10.2. The van der Waals surface area contributed by atoms with Gasteiger partial charge < -0.3 is 5.73 Å². The van der Waals surface area contributed by atoms with Crippen LogP contribution in [0.3, 0.4) is 0 Å². The molecule has 0 fully saturated rings. The van der Waals surface area contributed by atoms with Gasteiger partial charge in [0.05, 0.1) is 11.3 Å². The zero-order valence-corrected chi connectivity index (χ0v) is 9.22. The van der Waals surface area contributed by atoms with E-state index in [2.05, 4.69) is 5.10 Å². The lowest BCUT2D eigenvalue weighted by molar-refractivity contribution is -0.139. The number of alkyl halides is 3. The van der Waals surface area contributed by atoms with Crippen LogP contribution in [0, 0.1) is 22.6 Å². The Morgan fingerprint density at radius 2 is 2.05 bits per heavy atom. The number of halogens is 4. The molecule has 0 saturated heterocycles. The van der Waals surface area contributed by atoms with E-state index in [-0.39, 0.29) is 0 Å². The number of hydrazone groups is 1. The van der Waals surface area contributed by atoms with Gasteiger partial charge in [-0.15, -0.1) is 0 Å². The normalized spacial score (nSPS) is 11.8. The topological polar surface area (TPSA) is 98.0 Å². The SMILES string of the molecule is N#C/C(=N\Nc1cccc(C(F)(F)F)c1F)C(=N)N. The highest BCUT2D eigenvalue weighted by atomic mass is 19.4. The average Bonchev–Trinajstić information content (AvgIpc) is 2.29. The molecule has 0 bridgehead atoms. The molecule has 0 atom stereocenters. The minimum atomic E-state index is -4.84. The molecule has 0 amide bonds. The smallest absolute Gasteiger partial charge is 0.382 e. The number of nitrogens with one attached hydrogen (secondary N) is 2. The van der Waals surface area contributed by atoms with Crippen molar-refractivity contribution in [3.8, 4) is 6.07 Å². The van der Waals surface area contributed by atoms with Gasteiger partial charge in [0, 0.05) is 0 Å². The summed E-state index contributed by atoms with van der Waals surface area (Å²) in [5.74, 6) is -2.25. The Balaban J connectivity index is 3.12. The quantitative estimate of drug-likeness (QED) is 0.340. The lowest BCUT2D eigenvalue weighted by Gasteiger charge is -2.10. The zero-order valence-electron chi connectivity index (χ0n) is 9.22. The highest BCUT2D eigenvalue weighted by Crippen LogP contribution is 2.33. The molecule has 4 N–H and O–H groups in total. The summed E-state index contributed by atoms with van der Waals surface area (Å²) in [5, 5.41) is 18.7. The zero-order chi connectivity index (χ0) is 14.6. The fourth-order valence-corrected chi connectivity index (χ4v) is 1.10. The molecule has 19 heavy (non-hydrogen) atoms. The standard InChI is InChI=1S/C10H7F4N5/c11-8-5(10(12,13)14)2-1-3-6(8)18-19-7(4-15)9(16)17/h1-3,18H,(H3,16,17)/b19-7+. The third kappa shape index (κ3) is 3.41. The molecule has 9 heteroatoms. The van der Waals surface area contributed by atoms with Crippen molar-refractivity contribution < 1.29 is 17.6 Å². The second kappa shape index (κ2) is 5.34. The third-order valence-corrected chi connectivity index (χ3v) is 1.95. The summed E-state index contributed by atoms with van der Waals surface area (Å²) in [7, 11) is 0. The maximum absolute atomic E-state index is 13.5. The maximum Gasteiger partial charge on any atom is 0.419 e. The molecule has 0 aliphatic heterocycles. The van der Waals surface area contributed by atoms with Gasteiger partial charge in [-0.3, -0.25) is 10.8 Å². The summed E-state index contributed by atoms with van der Waals surface area (Å²) in [4.78, 5) is 0. The van der Waals surface area contributed by atoms with Crippen molar-refractivity contribution in [2.75, 3.05) is 5.43 Å². The Hall–Kier alpha value is -2.63. The summed E-state index contributed by atoms with van der Waals surface area (Å²) < 4.78 is 50.7. The highest BCUT2D eigenvalue weighted by molar-refractivity contribution is 6.45. The molecule has 0 aliphatic rings. The summed E-state index contributed by atoms with van der Waals surface area (Å²) in [6.45, 7) is 0. The minimum Gasteiger partial charge on any atom is -0.382 e. The van der Waals surface area contributed by atoms with E-state index in [0.717, 1.165) is 12.1 Å². The maximum atomic E-state index is 13.5. The number of nitriles is 1. The minimum absolute atomic E-state index is 0.570. The molecule has 1 rings (SSSR count). The van der Waals surface area contributed by atoms with Crippen LogP contribution in [0.1, 0.15) is 5.56 Å². The van der Waals surface area contributed by atoms with Crippen LogP contribution in [0.25, 0.3) is 0 Å². The molecule has 0 unspecified atom stereocenters. The first kappa shape index (κ1) is 14.4. The molecular weight excluding hydrogens is 266 g/mol. The van der Waals surface area contributed by atoms with Gasteiger partial charge in [0.15, 0.2) is 11.7 Å². The first-order valence-electron chi connectivity index (χ1n) is 4.71. The predicted molar refractivity (Wildman–Crippen MR) is 60.0 cm³/mol. The number of benzene rings is 1. The first-order chi connectivity index (χ1) is 8.77. The third-order valence-electron chi connectivity index (χ3n) is 1.95. The van der Waals surface area contributed by atoms with E-state index in [9.17, 15) is 17.6 Å². The first-order valence-corrected chi connectivity index (χ1v) is 4.71. The number of amidine groups is 1. The molecule has 0 aromatic heterocycles. The Kier molecular flexibility index (Phi) is 4.06. The van der Waals surface area contributed by atoms with E-state index in [4.69, 9.17) is 16.4 Å². The second-order valence-corrected chi connectivity index (χ2v) is 3.26. The van der Waals surface area contributed by atoms with Gasteiger partial charge in [0.25, 0.3) is 0 Å². The van der Waals surface area contributed by atoms with Crippen LogP contribution >= 0.6 is 0 Å². The van der Waals surface area contributed by atoms with Gasteiger partial charge in [-0.25, -0.2) is 4.39 Å². The molecule has 0 radical (unpaired) electrons. The largest absolute Gasteiger partial charge is 0.419 e. The summed E-state index contributed by atoms with van der Waals surface area (Å²) in [5.41, 5.74) is 4.28. The number of hydrogen-bond acceptors (Lipinski definition) is 4. The van der Waals surface area contributed by atoms with Crippen molar-refractivity contribution in [2.24, 2.45) is 10.8 Å². The summed E-state index contributed by atoms with van der Waals surface area (Å²) in [6, 6.07) is 3.98. The van der Waals surface area contributed by atoms with Crippen LogP contribution in [0.2, 0.25) is 0 Å². The van der Waals surface area contributed by atoms with Crippen molar-refractivity contribution in [2.45, 2.75) is 6.18 Å². The van der Waals surface area contributed by atoms with Crippen molar-refractivity contribution in [3.05, 3.63) is 29.6 Å². The summed E-state index contributed by atoms with van der Waals surface area (Å²) >= 11 is 0. The molecule has 100 valence electrons. The van der Waals surface area contributed by atoms with Crippen LogP contribution in [-0.4, -0.2) is 11.5 Å². The second-order valence-electron chi connectivity index (χ2n) is 3.26. The number of rotatable bonds is 3. The Labute approximate surface area is 104 Å². The monoisotopic (exact) mass is 273 g/mol. The van der Waals surface area contributed by atoms with Crippen molar-refractivity contribution >= 4 is 17.2 Å². The van der Waals surface area contributed by atoms with Crippen LogP contribution in [0.4, 0.5) is 23.2 Å². The number of anilines is 1.